The molecule has 2 aliphatic heterocycles. The fourth-order valence-corrected chi connectivity index (χ4v) is 4.52. The van der Waals surface area contributed by atoms with Gasteiger partial charge in [0.15, 0.2) is 9.84 Å². The third kappa shape index (κ3) is 3.89. The molecule has 0 bridgehead atoms. The summed E-state index contributed by atoms with van der Waals surface area (Å²) in [5, 5.41) is 0. The van der Waals surface area contributed by atoms with Crippen LogP contribution in [0.5, 0.6) is 0 Å². The van der Waals surface area contributed by atoms with Crippen molar-refractivity contribution in [2.75, 3.05) is 48.3 Å². The Morgan fingerprint density at radius 3 is 2.38 bits per heavy atom. The number of nitrogen functional groups attached to an aromatic ring is 1. The zero-order valence-corrected chi connectivity index (χ0v) is 14.8. The van der Waals surface area contributed by atoms with Crippen molar-refractivity contribution >= 4 is 27.1 Å². The molecular weight excluding hydrogens is 371 g/mol. The number of alkyl halides is 3. The standard InChI is InChI=1S/C16H20F3N3O3S/c17-16(18,19)11-3-4-22(10-11)14-9-12(20)1-2-13(14)15(23)21-5-7-26(24,25)8-6-21/h1-2,9,11H,3-8,10,20H2. The van der Waals surface area contributed by atoms with E-state index in [1.165, 1.54) is 28.0 Å². The van der Waals surface area contributed by atoms with Gasteiger partial charge in [-0.1, -0.05) is 0 Å². The number of rotatable bonds is 2. The minimum atomic E-state index is -4.28. The number of hydrogen-bond donors (Lipinski definition) is 1. The summed E-state index contributed by atoms with van der Waals surface area (Å²) in [7, 11) is -3.14. The van der Waals surface area contributed by atoms with Crippen LogP contribution >= 0.6 is 0 Å². The molecule has 10 heteroatoms. The lowest BCUT2D eigenvalue weighted by Gasteiger charge is -2.29. The van der Waals surface area contributed by atoms with Gasteiger partial charge in [0.25, 0.3) is 5.91 Å². The normalized spacial score (nSPS) is 23.3. The van der Waals surface area contributed by atoms with Crippen molar-refractivity contribution in [1.29, 1.82) is 0 Å². The van der Waals surface area contributed by atoms with Crippen molar-refractivity contribution in [3.8, 4) is 0 Å². The van der Waals surface area contributed by atoms with Crippen molar-refractivity contribution < 1.29 is 26.4 Å². The van der Waals surface area contributed by atoms with E-state index in [-0.39, 0.29) is 55.6 Å². The van der Waals surface area contributed by atoms with Gasteiger partial charge in [0, 0.05) is 31.9 Å². The lowest BCUT2D eigenvalue weighted by molar-refractivity contribution is -0.168. The van der Waals surface area contributed by atoms with Gasteiger partial charge in [-0.05, 0) is 24.6 Å². The van der Waals surface area contributed by atoms with E-state index in [0.29, 0.717) is 11.4 Å². The van der Waals surface area contributed by atoms with E-state index in [1.54, 1.807) is 0 Å². The van der Waals surface area contributed by atoms with Crippen molar-refractivity contribution in [3.63, 3.8) is 0 Å². The number of sulfone groups is 1. The summed E-state index contributed by atoms with van der Waals surface area (Å²) in [6, 6.07) is 4.53. The van der Waals surface area contributed by atoms with Gasteiger partial charge in [-0.3, -0.25) is 4.79 Å². The second-order valence-corrected chi connectivity index (χ2v) is 9.00. The third-order valence-corrected chi connectivity index (χ3v) is 6.48. The molecule has 2 fully saturated rings. The SMILES string of the molecule is Nc1ccc(C(=O)N2CCS(=O)(=O)CC2)c(N2CCC(C(F)(F)F)C2)c1. The van der Waals surface area contributed by atoms with Crippen LogP contribution in [0.2, 0.25) is 0 Å². The minimum Gasteiger partial charge on any atom is -0.399 e. The number of benzene rings is 1. The highest BCUT2D eigenvalue weighted by atomic mass is 32.2. The molecule has 1 atom stereocenters. The summed E-state index contributed by atoms with van der Waals surface area (Å²) < 4.78 is 62.0. The topological polar surface area (TPSA) is 83.7 Å². The van der Waals surface area contributed by atoms with E-state index >= 15 is 0 Å². The van der Waals surface area contributed by atoms with Crippen molar-refractivity contribution in [2.45, 2.75) is 12.6 Å². The number of anilines is 2. The smallest absolute Gasteiger partial charge is 0.393 e. The van der Waals surface area contributed by atoms with Crippen LogP contribution in [0.1, 0.15) is 16.8 Å². The molecule has 2 heterocycles. The molecule has 1 aromatic carbocycles. The van der Waals surface area contributed by atoms with Crippen LogP contribution < -0.4 is 10.6 Å². The first kappa shape index (κ1) is 18.8. The average molecular weight is 391 g/mol. The Labute approximate surface area is 149 Å². The van der Waals surface area contributed by atoms with Gasteiger partial charge in [-0.2, -0.15) is 13.2 Å². The Hall–Kier alpha value is -1.97. The predicted octanol–water partition coefficient (Wildman–Crippen LogP) is 1.53. The Morgan fingerprint density at radius 1 is 1.15 bits per heavy atom. The van der Waals surface area contributed by atoms with Gasteiger partial charge in [0.05, 0.1) is 28.7 Å². The van der Waals surface area contributed by atoms with Crippen molar-refractivity contribution in [3.05, 3.63) is 23.8 Å². The summed E-state index contributed by atoms with van der Waals surface area (Å²) in [6.45, 7) is 0.121. The summed E-state index contributed by atoms with van der Waals surface area (Å²) in [5.74, 6) is -2.04. The van der Waals surface area contributed by atoms with Gasteiger partial charge in [0.1, 0.15) is 0 Å². The first-order chi connectivity index (χ1) is 12.1. The van der Waals surface area contributed by atoms with E-state index in [9.17, 15) is 26.4 Å². The van der Waals surface area contributed by atoms with Gasteiger partial charge in [-0.15, -0.1) is 0 Å². The second kappa shape index (κ2) is 6.64. The van der Waals surface area contributed by atoms with Gasteiger partial charge in [0.2, 0.25) is 0 Å². The number of nitrogens with two attached hydrogens (primary N) is 1. The van der Waals surface area contributed by atoms with E-state index < -0.39 is 21.9 Å². The van der Waals surface area contributed by atoms with E-state index in [1.807, 2.05) is 0 Å². The quantitative estimate of drug-likeness (QED) is 0.773. The van der Waals surface area contributed by atoms with Crippen molar-refractivity contribution in [1.82, 2.24) is 4.90 Å². The molecule has 0 saturated carbocycles. The first-order valence-electron chi connectivity index (χ1n) is 8.28. The number of halogens is 3. The fraction of sp³-hybridized carbons (Fsp3) is 0.562. The Morgan fingerprint density at radius 2 is 1.81 bits per heavy atom. The van der Waals surface area contributed by atoms with Crippen LogP contribution in [0.15, 0.2) is 18.2 Å². The van der Waals surface area contributed by atoms with Crippen LogP contribution in [0, 0.1) is 5.92 Å². The van der Waals surface area contributed by atoms with E-state index in [2.05, 4.69) is 0 Å². The molecule has 144 valence electrons. The minimum absolute atomic E-state index is 0.0338. The highest BCUT2D eigenvalue weighted by molar-refractivity contribution is 7.91. The molecule has 3 rings (SSSR count). The average Bonchev–Trinajstić information content (AvgIpc) is 3.04. The first-order valence-corrected chi connectivity index (χ1v) is 10.1. The summed E-state index contributed by atoms with van der Waals surface area (Å²) in [5.41, 5.74) is 6.75. The number of amides is 1. The molecule has 1 unspecified atom stereocenters. The van der Waals surface area contributed by atoms with E-state index in [0.717, 1.165) is 0 Å². The number of hydrogen-bond acceptors (Lipinski definition) is 5. The van der Waals surface area contributed by atoms with Crippen LogP contribution in [0.3, 0.4) is 0 Å². The Kier molecular flexibility index (Phi) is 4.80. The van der Waals surface area contributed by atoms with Crippen molar-refractivity contribution in [2.24, 2.45) is 5.92 Å². The van der Waals surface area contributed by atoms with Crippen LogP contribution in [-0.2, 0) is 9.84 Å². The number of carbonyl (C=O) groups excluding carboxylic acids is 1. The highest BCUT2D eigenvalue weighted by Gasteiger charge is 2.44. The lowest BCUT2D eigenvalue weighted by Crippen LogP contribution is -2.44. The molecule has 0 spiro atoms. The molecule has 0 radical (unpaired) electrons. The number of nitrogens with zero attached hydrogens (tertiary/aromatic N) is 2. The molecule has 1 aromatic rings. The zero-order valence-electron chi connectivity index (χ0n) is 14.0. The van der Waals surface area contributed by atoms with Gasteiger partial charge < -0.3 is 15.5 Å². The Balaban J connectivity index is 1.84. The molecule has 26 heavy (non-hydrogen) atoms. The maximum absolute atomic E-state index is 13.0. The van der Waals surface area contributed by atoms with Gasteiger partial charge >= 0.3 is 6.18 Å². The summed E-state index contributed by atoms with van der Waals surface area (Å²) in [6.07, 6.45) is -4.31. The van der Waals surface area contributed by atoms with Crippen LogP contribution in [0.25, 0.3) is 0 Å². The maximum Gasteiger partial charge on any atom is 0.393 e. The molecule has 2 aliphatic rings. The van der Waals surface area contributed by atoms with Crippen LogP contribution in [0.4, 0.5) is 24.5 Å². The molecule has 2 saturated heterocycles. The monoisotopic (exact) mass is 391 g/mol. The third-order valence-electron chi connectivity index (χ3n) is 4.88. The molecule has 2 N–H and O–H groups in total. The summed E-state index contributed by atoms with van der Waals surface area (Å²) in [4.78, 5) is 15.8. The molecule has 1 amide bonds. The molecule has 0 aliphatic carbocycles. The second-order valence-electron chi connectivity index (χ2n) is 6.69. The maximum atomic E-state index is 13.0. The predicted molar refractivity (Wildman–Crippen MR) is 91.8 cm³/mol. The highest BCUT2D eigenvalue weighted by Crippen LogP contribution is 2.37. The largest absolute Gasteiger partial charge is 0.399 e. The zero-order chi connectivity index (χ0) is 19.1. The van der Waals surface area contributed by atoms with Gasteiger partial charge in [-0.25, -0.2) is 8.42 Å². The fourth-order valence-electron chi connectivity index (χ4n) is 3.32. The molecular formula is C16H20F3N3O3S. The Bertz CT molecular complexity index is 797. The molecule has 0 aromatic heterocycles. The van der Waals surface area contributed by atoms with E-state index in [4.69, 9.17) is 5.73 Å². The lowest BCUT2D eigenvalue weighted by atomic mass is 10.1. The summed E-state index contributed by atoms with van der Waals surface area (Å²) >= 11 is 0. The number of carbonyl (C=O) groups is 1. The molecule has 6 nitrogen and oxygen atoms in total. The van der Waals surface area contributed by atoms with Crippen LogP contribution in [-0.4, -0.2) is 63.1 Å².